The summed E-state index contributed by atoms with van der Waals surface area (Å²) in [6, 6.07) is 0. The highest BCUT2D eigenvalue weighted by molar-refractivity contribution is 7.15. The summed E-state index contributed by atoms with van der Waals surface area (Å²) in [7, 11) is 0. The van der Waals surface area contributed by atoms with Crippen molar-refractivity contribution in [3.05, 3.63) is 38.5 Å². The normalized spacial score (nSPS) is 18.4. The van der Waals surface area contributed by atoms with Gasteiger partial charge in [-0.15, -0.1) is 11.3 Å². The summed E-state index contributed by atoms with van der Waals surface area (Å²) in [5.74, 6) is 0.549. The van der Waals surface area contributed by atoms with E-state index in [0.717, 1.165) is 50.2 Å². The molecule has 0 radical (unpaired) electrons. The molecule has 6 heteroatoms. The van der Waals surface area contributed by atoms with E-state index >= 15 is 0 Å². The van der Waals surface area contributed by atoms with Gasteiger partial charge in [-0.25, -0.2) is 9.97 Å². The number of nitrogens with zero attached hydrogens (tertiary/aromatic N) is 4. The predicted octanol–water partition coefficient (Wildman–Crippen LogP) is 3.11. The number of aryl methyl sites for hydroxylation is 3. The van der Waals surface area contributed by atoms with Crippen molar-refractivity contribution in [1.82, 2.24) is 14.5 Å². The van der Waals surface area contributed by atoms with Gasteiger partial charge in [-0.2, -0.15) is 0 Å². The van der Waals surface area contributed by atoms with Gasteiger partial charge in [-0.3, -0.25) is 9.36 Å². The number of hydrogen-bond acceptors (Lipinski definition) is 5. The lowest BCUT2D eigenvalue weighted by Crippen LogP contribution is -2.36. The van der Waals surface area contributed by atoms with Gasteiger partial charge in [-0.1, -0.05) is 0 Å². The molecule has 0 N–H and O–H groups in total. The monoisotopic (exact) mass is 358 g/mol. The van der Waals surface area contributed by atoms with Crippen molar-refractivity contribution in [3.63, 3.8) is 0 Å². The van der Waals surface area contributed by atoms with Gasteiger partial charge in [0.05, 0.1) is 12.0 Å². The Labute approximate surface area is 152 Å². The van der Waals surface area contributed by atoms with Crippen LogP contribution in [0.4, 0.5) is 5.13 Å². The first-order valence-corrected chi connectivity index (χ1v) is 10.2. The van der Waals surface area contributed by atoms with Gasteiger partial charge in [0.2, 0.25) is 0 Å². The van der Waals surface area contributed by atoms with Crippen molar-refractivity contribution in [1.29, 1.82) is 0 Å². The smallest absolute Gasteiger partial charge is 0.256 e. The molecule has 4 rings (SSSR count). The third kappa shape index (κ3) is 3.36. The molecule has 0 atom stereocenters. The van der Waals surface area contributed by atoms with Crippen LogP contribution in [0.1, 0.15) is 47.5 Å². The molecule has 1 fully saturated rings. The minimum atomic E-state index is 0.113. The molecule has 3 heterocycles. The third-order valence-electron chi connectivity index (χ3n) is 5.69. The van der Waals surface area contributed by atoms with Gasteiger partial charge in [0.1, 0.15) is 0 Å². The topological polar surface area (TPSA) is 51.0 Å². The highest BCUT2D eigenvalue weighted by atomic mass is 32.1. The lowest BCUT2D eigenvalue weighted by atomic mass is 9.97. The van der Waals surface area contributed by atoms with E-state index in [9.17, 15) is 4.79 Å². The van der Waals surface area contributed by atoms with Crippen LogP contribution in [0.2, 0.25) is 0 Å². The van der Waals surface area contributed by atoms with Gasteiger partial charge in [0.25, 0.3) is 5.56 Å². The lowest BCUT2D eigenvalue weighted by Gasteiger charge is -2.32. The maximum absolute atomic E-state index is 12.4. The van der Waals surface area contributed by atoms with E-state index in [1.54, 1.807) is 10.9 Å². The molecule has 134 valence electrons. The molecule has 1 aliphatic carbocycles. The highest BCUT2D eigenvalue weighted by Crippen LogP contribution is 2.33. The average molecular weight is 359 g/mol. The van der Waals surface area contributed by atoms with Crippen LogP contribution in [0.15, 0.2) is 11.1 Å². The molecule has 0 aromatic carbocycles. The molecule has 0 bridgehead atoms. The van der Waals surface area contributed by atoms with E-state index in [-0.39, 0.29) is 5.56 Å². The van der Waals surface area contributed by atoms with Gasteiger partial charge >= 0.3 is 0 Å². The Kier molecular flexibility index (Phi) is 4.63. The van der Waals surface area contributed by atoms with Crippen molar-refractivity contribution < 1.29 is 0 Å². The standard InChI is InChI=1S/C19H26N4OS/c1-13-14(2)20-12-23(18(13)24)11-15-7-9-22(10-8-15)19-21-16-5-3-4-6-17(16)25-19/h12,15H,3-11H2,1-2H3. The van der Waals surface area contributed by atoms with Crippen LogP contribution in [0.5, 0.6) is 0 Å². The summed E-state index contributed by atoms with van der Waals surface area (Å²) < 4.78 is 1.80. The molecule has 1 aliphatic heterocycles. The summed E-state index contributed by atoms with van der Waals surface area (Å²) in [6.45, 7) is 6.64. The van der Waals surface area contributed by atoms with Crippen molar-refractivity contribution in [2.75, 3.05) is 18.0 Å². The van der Waals surface area contributed by atoms with Crippen LogP contribution < -0.4 is 10.5 Å². The number of hydrogen-bond donors (Lipinski definition) is 0. The van der Waals surface area contributed by atoms with E-state index in [0.29, 0.717) is 5.92 Å². The van der Waals surface area contributed by atoms with Crippen LogP contribution in [-0.2, 0) is 19.4 Å². The fourth-order valence-corrected chi connectivity index (χ4v) is 5.06. The molecule has 0 unspecified atom stereocenters. The minimum absolute atomic E-state index is 0.113. The Hall–Kier alpha value is -1.69. The zero-order chi connectivity index (χ0) is 17.4. The van der Waals surface area contributed by atoms with Crippen LogP contribution in [0, 0.1) is 19.8 Å². The summed E-state index contributed by atoms with van der Waals surface area (Å²) in [6.07, 6.45) is 8.92. The molecule has 0 saturated carbocycles. The SMILES string of the molecule is Cc1ncn(CC2CCN(c3nc4c(s3)CCCC4)CC2)c(=O)c1C. The highest BCUT2D eigenvalue weighted by Gasteiger charge is 2.24. The molecule has 25 heavy (non-hydrogen) atoms. The molecule has 5 nitrogen and oxygen atoms in total. The van der Waals surface area contributed by atoms with Crippen molar-refractivity contribution in [2.24, 2.45) is 5.92 Å². The van der Waals surface area contributed by atoms with Crippen molar-refractivity contribution in [2.45, 2.75) is 58.9 Å². The van der Waals surface area contributed by atoms with Gasteiger partial charge in [-0.05, 0) is 58.3 Å². The zero-order valence-corrected chi connectivity index (χ0v) is 15.9. The molecule has 0 amide bonds. The minimum Gasteiger partial charge on any atom is -0.348 e. The molecular formula is C19H26N4OS. The summed E-state index contributed by atoms with van der Waals surface area (Å²) in [4.78, 5) is 25.6. The summed E-state index contributed by atoms with van der Waals surface area (Å²) in [5, 5.41) is 1.22. The molecule has 2 aromatic rings. The fourth-order valence-electron chi connectivity index (χ4n) is 3.86. The van der Waals surface area contributed by atoms with Crippen molar-refractivity contribution in [3.8, 4) is 0 Å². The number of anilines is 1. The number of fused-ring (bicyclic) bond motifs is 1. The molecule has 2 aromatic heterocycles. The lowest BCUT2D eigenvalue weighted by molar-refractivity contribution is 0.350. The Morgan fingerprint density at radius 2 is 1.96 bits per heavy atom. The van der Waals surface area contributed by atoms with E-state index < -0.39 is 0 Å². The van der Waals surface area contributed by atoms with E-state index in [1.807, 2.05) is 25.2 Å². The van der Waals surface area contributed by atoms with Gasteiger partial charge in [0.15, 0.2) is 5.13 Å². The number of aromatic nitrogens is 3. The number of thiazole rings is 1. The zero-order valence-electron chi connectivity index (χ0n) is 15.1. The molecule has 1 saturated heterocycles. The van der Waals surface area contributed by atoms with Crippen LogP contribution in [-0.4, -0.2) is 27.6 Å². The maximum atomic E-state index is 12.4. The first-order chi connectivity index (χ1) is 12.1. The largest absolute Gasteiger partial charge is 0.348 e. The number of piperidine rings is 1. The molecular weight excluding hydrogens is 332 g/mol. The molecule has 0 spiro atoms. The Bertz CT molecular complexity index is 794. The van der Waals surface area contributed by atoms with Crippen LogP contribution in [0.3, 0.4) is 0 Å². The Morgan fingerprint density at radius 1 is 1.20 bits per heavy atom. The van der Waals surface area contributed by atoms with E-state index in [4.69, 9.17) is 4.98 Å². The first kappa shape index (κ1) is 16.8. The van der Waals surface area contributed by atoms with Crippen molar-refractivity contribution >= 4 is 16.5 Å². The first-order valence-electron chi connectivity index (χ1n) is 9.38. The Morgan fingerprint density at radius 3 is 2.72 bits per heavy atom. The maximum Gasteiger partial charge on any atom is 0.256 e. The second-order valence-electron chi connectivity index (χ2n) is 7.42. The van der Waals surface area contributed by atoms with Crippen LogP contribution in [0.25, 0.3) is 0 Å². The third-order valence-corrected chi connectivity index (χ3v) is 6.91. The summed E-state index contributed by atoms with van der Waals surface area (Å²) in [5.41, 5.74) is 3.07. The van der Waals surface area contributed by atoms with Crippen LogP contribution >= 0.6 is 11.3 Å². The summed E-state index contributed by atoms with van der Waals surface area (Å²) >= 11 is 1.90. The quantitative estimate of drug-likeness (QED) is 0.846. The Balaban J connectivity index is 1.39. The van der Waals surface area contributed by atoms with E-state index in [1.165, 1.54) is 35.0 Å². The number of rotatable bonds is 3. The van der Waals surface area contributed by atoms with Gasteiger partial charge < -0.3 is 4.90 Å². The predicted molar refractivity (Wildman–Crippen MR) is 102 cm³/mol. The van der Waals surface area contributed by atoms with Gasteiger partial charge in [0, 0.05) is 35.8 Å². The second-order valence-corrected chi connectivity index (χ2v) is 8.48. The molecule has 2 aliphatic rings. The van der Waals surface area contributed by atoms with E-state index in [2.05, 4.69) is 9.88 Å². The fraction of sp³-hybridized carbons (Fsp3) is 0.632. The average Bonchev–Trinajstić information content (AvgIpc) is 3.07. The second kappa shape index (κ2) is 6.90.